The summed E-state index contributed by atoms with van der Waals surface area (Å²) >= 11 is -1.50. The van der Waals surface area contributed by atoms with Gasteiger partial charge in [0.2, 0.25) is 0 Å². The van der Waals surface area contributed by atoms with Crippen LogP contribution in [0.5, 0.6) is 0 Å². The Labute approximate surface area is 101 Å². The van der Waals surface area contributed by atoms with Gasteiger partial charge in [-0.05, 0) is 0 Å². The molecule has 0 atom stereocenters. The summed E-state index contributed by atoms with van der Waals surface area (Å²) in [6.07, 6.45) is 0. The van der Waals surface area contributed by atoms with Gasteiger partial charge in [-0.2, -0.15) is 0 Å². The summed E-state index contributed by atoms with van der Waals surface area (Å²) in [4.78, 5) is 57.4. The number of hydrogen-bond acceptors (Lipinski definition) is 4. The van der Waals surface area contributed by atoms with Crippen LogP contribution in [-0.2, 0) is 17.4 Å². The predicted octanol–water partition coefficient (Wildman–Crippen LogP) is -4.53. The minimum atomic E-state index is -4.64. The third-order valence-electron chi connectivity index (χ3n) is 0. The van der Waals surface area contributed by atoms with E-state index in [1.54, 1.807) is 0 Å². The van der Waals surface area contributed by atoms with E-state index in [0.717, 1.165) is 0 Å². The van der Waals surface area contributed by atoms with Gasteiger partial charge in [0.05, 0.1) is 0 Å². The third kappa shape index (κ3) is 3320000. The first-order valence-corrected chi connectivity index (χ1v) is 8.13. The van der Waals surface area contributed by atoms with E-state index in [-0.39, 0.29) is 0 Å². The zero-order chi connectivity index (χ0) is 15.3. The Morgan fingerprint density at radius 1 is 0.824 bits per heavy atom. The van der Waals surface area contributed by atoms with Gasteiger partial charge in [0.15, 0.2) is 0 Å². The summed E-state index contributed by atoms with van der Waals surface area (Å²) < 4.78 is 42.2. The van der Waals surface area contributed by atoms with Crippen molar-refractivity contribution in [3.63, 3.8) is 0 Å². The number of hydrogen-bond donors (Lipinski definition) is 9. The number of phosphoric acid groups is 2. The SMILES string of the molecule is O=P(O)(O)O.O=P(O)(O)O.O=[Si](O)O.[O]=[Al][OH]. The Balaban J connectivity index is -0.0000000676. The van der Waals surface area contributed by atoms with Crippen molar-refractivity contribution in [3.8, 4) is 0 Å². The maximum absolute atomic E-state index is 8.88. The zero-order valence-corrected chi connectivity index (χ0v) is 11.6. The molecule has 0 aromatic rings. The molecular weight excluding hydrogens is 325 g/mol. The summed E-state index contributed by atoms with van der Waals surface area (Å²) in [7, 11) is -12.4. The van der Waals surface area contributed by atoms with E-state index in [1.807, 2.05) is 0 Å². The molecule has 17 heavy (non-hydrogen) atoms. The van der Waals surface area contributed by atoms with Gasteiger partial charge in [-0.1, -0.05) is 0 Å². The topological polar surface area (TPSA) is 250 Å². The van der Waals surface area contributed by atoms with Crippen LogP contribution >= 0.6 is 15.6 Å². The van der Waals surface area contributed by atoms with Gasteiger partial charge in [-0.25, -0.2) is 9.13 Å². The van der Waals surface area contributed by atoms with Crippen LogP contribution in [-0.4, -0.2) is 67.8 Å². The second kappa shape index (κ2) is 14.0. The molecule has 0 aromatic heterocycles. The normalized spacial score (nSPS) is 8.82. The molecule has 0 aliphatic carbocycles. The van der Waals surface area contributed by atoms with Gasteiger partial charge in [0.25, 0.3) is 0 Å². The fourth-order valence-corrected chi connectivity index (χ4v) is 0. The Morgan fingerprint density at radius 2 is 0.824 bits per heavy atom. The first kappa shape index (κ1) is 25.7. The first-order valence-electron chi connectivity index (χ1n) is 2.71. The van der Waals surface area contributed by atoms with Crippen LogP contribution in [0, 0.1) is 0 Å². The molecule has 0 amide bonds. The van der Waals surface area contributed by atoms with Crippen molar-refractivity contribution in [2.45, 2.75) is 0 Å². The molecule has 104 valence electrons. The molecule has 0 heterocycles. The fraction of sp³-hybridized carbons (Fsp3) is 0. The quantitative estimate of drug-likeness (QED) is 0.150. The van der Waals surface area contributed by atoms with Crippen LogP contribution in [0.1, 0.15) is 0 Å². The van der Waals surface area contributed by atoms with Crippen LogP contribution in [0.3, 0.4) is 0 Å². The molecule has 0 saturated heterocycles. The molecule has 17 heteroatoms. The minimum absolute atomic E-state index is 1.50. The van der Waals surface area contributed by atoms with E-state index in [1.165, 1.54) is 0 Å². The molecule has 13 nitrogen and oxygen atoms in total. The van der Waals surface area contributed by atoms with E-state index < -0.39 is 40.3 Å². The van der Waals surface area contributed by atoms with Crippen LogP contribution in [0.25, 0.3) is 0 Å². The van der Waals surface area contributed by atoms with Gasteiger partial charge in [-0.3, -0.25) is 4.46 Å². The Kier molecular flexibility index (Phi) is 21.2. The standard InChI is InChI=1S/Al.2H3O4P.H2O3Si.H2O.O/c;2*1-5(2,3)4;1-4(2)3;;/h;2*(H3,1,2,3,4);1-2H;1H2;/q+1;;;;;/p-1. The van der Waals surface area contributed by atoms with Crippen molar-refractivity contribution < 1.29 is 60.5 Å². The zero-order valence-electron chi connectivity index (χ0n) is 7.63. The summed E-state index contributed by atoms with van der Waals surface area (Å²) in [6, 6.07) is 0. The summed E-state index contributed by atoms with van der Waals surface area (Å²) in [5.41, 5.74) is 0. The van der Waals surface area contributed by atoms with Gasteiger partial charge in [0, 0.05) is 0 Å². The van der Waals surface area contributed by atoms with Crippen molar-refractivity contribution >= 4 is 40.3 Å². The maximum atomic E-state index is 8.88. The molecule has 0 unspecified atom stereocenters. The third-order valence-corrected chi connectivity index (χ3v) is 0. The molecule has 0 aromatic carbocycles. The fourth-order valence-electron chi connectivity index (χ4n) is 0. The van der Waals surface area contributed by atoms with Crippen molar-refractivity contribution in [1.29, 1.82) is 0 Å². The van der Waals surface area contributed by atoms with Crippen LogP contribution in [0.2, 0.25) is 0 Å². The summed E-state index contributed by atoms with van der Waals surface area (Å²) in [5.74, 6) is 0. The van der Waals surface area contributed by atoms with E-state index in [2.05, 4.69) is 0 Å². The molecule has 9 N–H and O–H groups in total. The van der Waals surface area contributed by atoms with Crippen LogP contribution in [0.4, 0.5) is 0 Å². The molecule has 0 spiro atoms. The van der Waals surface area contributed by atoms with Crippen molar-refractivity contribution in [1.82, 2.24) is 0 Å². The average Bonchev–Trinajstić information content (AvgIpc) is 1.74. The molecule has 0 fully saturated rings. The van der Waals surface area contributed by atoms with Gasteiger partial charge < -0.3 is 39.0 Å². The van der Waals surface area contributed by atoms with Crippen molar-refractivity contribution in [2.75, 3.05) is 0 Å². The Hall–Kier alpha value is -0.0306. The molecule has 0 aliphatic rings. The van der Waals surface area contributed by atoms with E-state index >= 15 is 0 Å². The second-order valence-corrected chi connectivity index (χ2v) is 4.24. The monoisotopic (exact) mass is 334 g/mol. The Morgan fingerprint density at radius 3 is 0.824 bits per heavy atom. The molecular formula is H9AlO13P2Si. The molecule has 0 aliphatic heterocycles. The van der Waals surface area contributed by atoms with Crippen molar-refractivity contribution in [2.24, 2.45) is 0 Å². The summed E-state index contributed by atoms with van der Waals surface area (Å²) in [6.45, 7) is 0. The van der Waals surface area contributed by atoms with E-state index in [4.69, 9.17) is 60.5 Å². The number of rotatable bonds is 0. The second-order valence-electron chi connectivity index (χ2n) is 1.41. The summed E-state index contributed by atoms with van der Waals surface area (Å²) in [5, 5.41) is 0. The Bertz CT molecular complexity index is 231. The van der Waals surface area contributed by atoms with Crippen LogP contribution in [0.15, 0.2) is 0 Å². The van der Waals surface area contributed by atoms with Gasteiger partial charge in [0.1, 0.15) is 0 Å². The van der Waals surface area contributed by atoms with Gasteiger partial charge >= 0.3 is 48.3 Å². The average molecular weight is 334 g/mol. The molecule has 0 rings (SSSR count). The molecule has 0 saturated carbocycles. The molecule has 0 bridgehead atoms. The van der Waals surface area contributed by atoms with Crippen molar-refractivity contribution in [3.05, 3.63) is 0 Å². The van der Waals surface area contributed by atoms with E-state index in [0.29, 0.717) is 0 Å². The van der Waals surface area contributed by atoms with Gasteiger partial charge in [-0.15, -0.1) is 0 Å². The molecule has 0 radical (unpaired) electrons. The first-order chi connectivity index (χ1) is 7.15. The predicted molar refractivity (Wildman–Crippen MR) is 48.1 cm³/mol. The van der Waals surface area contributed by atoms with E-state index in [9.17, 15) is 0 Å². The van der Waals surface area contributed by atoms with Crippen LogP contribution < -0.4 is 0 Å².